The number of hydrogen-bond donors (Lipinski definition) is 5. The molecule has 0 aliphatic heterocycles. The van der Waals surface area contributed by atoms with Gasteiger partial charge in [0.2, 0.25) is 11.9 Å². The van der Waals surface area contributed by atoms with Crippen molar-refractivity contribution < 1.29 is 41.8 Å². The molecular formula is C30H32ClF3N8O6. The van der Waals surface area contributed by atoms with Crippen LogP contribution in [0.5, 0.6) is 6.01 Å². The molecule has 14 nitrogen and oxygen atoms in total. The first-order valence-corrected chi connectivity index (χ1v) is 15.0. The summed E-state index contributed by atoms with van der Waals surface area (Å²) in [5, 5.41) is 13.7. The first kappa shape index (κ1) is 35.7. The van der Waals surface area contributed by atoms with E-state index in [4.69, 9.17) is 21.1 Å². The lowest BCUT2D eigenvalue weighted by atomic mass is 10.1. The third-order valence-electron chi connectivity index (χ3n) is 6.91. The van der Waals surface area contributed by atoms with Crippen LogP contribution in [0, 0.1) is 0 Å². The van der Waals surface area contributed by atoms with Crippen molar-refractivity contribution in [3.8, 4) is 6.01 Å². The quantitative estimate of drug-likeness (QED) is 0.123. The minimum Gasteiger partial charge on any atom is -0.464 e. The van der Waals surface area contributed by atoms with Crippen LogP contribution in [-0.2, 0) is 24.7 Å². The number of carbonyl (C=O) groups is 4. The Bertz CT molecular complexity index is 1620. The zero-order valence-electron chi connectivity index (χ0n) is 25.7. The predicted molar refractivity (Wildman–Crippen MR) is 167 cm³/mol. The van der Waals surface area contributed by atoms with Gasteiger partial charge in [-0.1, -0.05) is 23.7 Å². The number of likely N-dealkylation sites (N-methyl/N-ethyl adjacent to an activating group) is 1. The highest BCUT2D eigenvalue weighted by molar-refractivity contribution is 6.35. The van der Waals surface area contributed by atoms with Crippen molar-refractivity contribution in [2.45, 2.75) is 43.9 Å². The Labute approximate surface area is 277 Å². The number of amides is 3. The van der Waals surface area contributed by atoms with Gasteiger partial charge in [-0.15, -0.1) is 0 Å². The maximum Gasteiger partial charge on any atom is 0.422 e. The zero-order valence-corrected chi connectivity index (χ0v) is 26.5. The van der Waals surface area contributed by atoms with E-state index < -0.39 is 54.1 Å². The Balaban J connectivity index is 1.46. The highest BCUT2D eigenvalue weighted by Gasteiger charge is 2.45. The van der Waals surface area contributed by atoms with Crippen LogP contribution in [-0.4, -0.2) is 77.7 Å². The molecule has 1 saturated carbocycles. The summed E-state index contributed by atoms with van der Waals surface area (Å²) >= 11 is 6.01. The monoisotopic (exact) mass is 692 g/mol. The van der Waals surface area contributed by atoms with E-state index in [9.17, 15) is 32.3 Å². The molecule has 1 fully saturated rings. The molecular weight excluding hydrogens is 661 g/mol. The highest BCUT2D eigenvalue weighted by atomic mass is 35.5. The summed E-state index contributed by atoms with van der Waals surface area (Å²) in [6.45, 7) is -0.0710. The van der Waals surface area contributed by atoms with Crippen molar-refractivity contribution in [2.75, 3.05) is 37.4 Å². The van der Waals surface area contributed by atoms with Gasteiger partial charge in [0.05, 0.1) is 12.1 Å². The zero-order chi connectivity index (χ0) is 34.9. The summed E-state index contributed by atoms with van der Waals surface area (Å²) in [6.07, 6.45) is -3.25. The lowest BCUT2D eigenvalue weighted by Gasteiger charge is -2.19. The van der Waals surface area contributed by atoms with Crippen molar-refractivity contribution in [2.24, 2.45) is 0 Å². The molecule has 0 saturated heterocycles. The van der Waals surface area contributed by atoms with E-state index in [1.165, 1.54) is 31.3 Å². The number of ether oxygens (including phenoxy) is 2. The van der Waals surface area contributed by atoms with Gasteiger partial charge in [-0.05, 0) is 68.1 Å². The minimum atomic E-state index is -4.63. The van der Waals surface area contributed by atoms with E-state index in [2.05, 4.69) is 41.5 Å². The maximum atomic E-state index is 13.0. The number of anilines is 3. The second-order valence-corrected chi connectivity index (χ2v) is 10.9. The number of rotatable bonds is 14. The number of nitrogens with zero attached hydrogens (tertiary/aromatic N) is 3. The van der Waals surface area contributed by atoms with Gasteiger partial charge in [0.15, 0.2) is 6.61 Å². The molecule has 0 radical (unpaired) electrons. The van der Waals surface area contributed by atoms with Crippen LogP contribution >= 0.6 is 11.6 Å². The fourth-order valence-corrected chi connectivity index (χ4v) is 4.49. The van der Waals surface area contributed by atoms with Crippen molar-refractivity contribution in [3.05, 3.63) is 64.7 Å². The maximum absolute atomic E-state index is 13.0. The first-order valence-electron chi connectivity index (χ1n) is 14.6. The molecule has 0 spiro atoms. The number of carbonyl (C=O) groups excluding carboxylic acids is 4. The molecule has 3 aromatic rings. The molecule has 18 heteroatoms. The highest BCUT2D eigenvalue weighted by Crippen LogP contribution is 2.48. The van der Waals surface area contributed by atoms with E-state index in [1.54, 1.807) is 19.1 Å². The molecule has 0 bridgehead atoms. The smallest absolute Gasteiger partial charge is 0.422 e. The molecule has 2 aromatic carbocycles. The van der Waals surface area contributed by atoms with E-state index >= 15 is 0 Å². The van der Waals surface area contributed by atoms with Crippen LogP contribution in [0.15, 0.2) is 48.5 Å². The lowest BCUT2D eigenvalue weighted by Crippen LogP contribution is -2.45. The van der Waals surface area contributed by atoms with E-state index in [0.29, 0.717) is 23.6 Å². The number of esters is 1. The van der Waals surface area contributed by atoms with Crippen molar-refractivity contribution in [1.29, 1.82) is 0 Å². The van der Waals surface area contributed by atoms with E-state index in [-0.39, 0.29) is 37.0 Å². The van der Waals surface area contributed by atoms with Crippen LogP contribution in [0.3, 0.4) is 0 Å². The van der Waals surface area contributed by atoms with Gasteiger partial charge in [-0.3, -0.25) is 14.4 Å². The van der Waals surface area contributed by atoms with Crippen LogP contribution < -0.4 is 31.3 Å². The van der Waals surface area contributed by atoms with Gasteiger partial charge in [0, 0.05) is 29.9 Å². The standard InChI is InChI=1S/C30H32ClF3N8O6/c1-3-47-25(46)21(12-15-36-24(45)23(44)35-2)38-22(43)17-4-10-20(11-5-17)37-26-39-27(41-28(40-26)48-16-30(32,33)34)42-29(13-14-29)18-6-8-19(31)9-7-18/h4-11,21H,3,12-16H2,1-2H3,(H,35,44)(H,36,45)(H,38,43)(H2,37,39,40,41,42)/t21-/m0/s1. The average molecular weight is 693 g/mol. The average Bonchev–Trinajstić information content (AvgIpc) is 3.83. The second-order valence-electron chi connectivity index (χ2n) is 10.5. The van der Waals surface area contributed by atoms with E-state index in [0.717, 1.165) is 5.56 Å². The van der Waals surface area contributed by atoms with Gasteiger partial charge in [-0.2, -0.15) is 28.1 Å². The Kier molecular flexibility index (Phi) is 11.6. The Morgan fingerprint density at radius 1 is 0.958 bits per heavy atom. The molecule has 48 heavy (non-hydrogen) atoms. The van der Waals surface area contributed by atoms with Gasteiger partial charge in [0.1, 0.15) is 6.04 Å². The van der Waals surface area contributed by atoms with Gasteiger partial charge in [-0.25, -0.2) is 4.79 Å². The topological polar surface area (TPSA) is 186 Å². The van der Waals surface area contributed by atoms with Gasteiger partial charge < -0.3 is 36.1 Å². The van der Waals surface area contributed by atoms with E-state index in [1.807, 2.05) is 12.1 Å². The number of aromatic nitrogens is 3. The predicted octanol–water partition coefficient (Wildman–Crippen LogP) is 3.22. The largest absolute Gasteiger partial charge is 0.464 e. The third-order valence-corrected chi connectivity index (χ3v) is 7.16. The number of benzene rings is 2. The molecule has 1 atom stereocenters. The van der Waals surface area contributed by atoms with Crippen molar-refractivity contribution >= 4 is 52.9 Å². The van der Waals surface area contributed by atoms with Crippen LogP contribution in [0.25, 0.3) is 0 Å². The summed E-state index contributed by atoms with van der Waals surface area (Å²) in [4.78, 5) is 60.8. The molecule has 4 rings (SSSR count). The molecule has 1 aromatic heterocycles. The summed E-state index contributed by atoms with van der Waals surface area (Å²) in [6, 6.07) is 11.3. The number of hydrogen-bond acceptors (Lipinski definition) is 11. The Morgan fingerprint density at radius 3 is 2.23 bits per heavy atom. The SMILES string of the molecule is CCOC(=O)[C@H](CCNC(=O)C(=O)NC)NC(=O)c1ccc(Nc2nc(NC3(c4ccc(Cl)cc4)CC3)nc(OCC(F)(F)F)n2)cc1. The minimum absolute atomic E-state index is 0.0235. The third kappa shape index (κ3) is 10.2. The Morgan fingerprint density at radius 2 is 1.62 bits per heavy atom. The molecule has 1 aliphatic carbocycles. The molecule has 1 aliphatic rings. The van der Waals surface area contributed by atoms with Crippen LogP contribution in [0.2, 0.25) is 5.02 Å². The summed E-state index contributed by atoms with van der Waals surface area (Å²) in [5.74, 6) is -3.28. The number of halogens is 4. The summed E-state index contributed by atoms with van der Waals surface area (Å²) in [5.41, 5.74) is 0.863. The number of alkyl halides is 3. The van der Waals surface area contributed by atoms with Gasteiger partial charge >= 0.3 is 30.0 Å². The Hall–Kier alpha value is -5.19. The normalized spacial score (nSPS) is 13.8. The van der Waals surface area contributed by atoms with Gasteiger partial charge in [0.25, 0.3) is 5.91 Å². The van der Waals surface area contributed by atoms with Crippen molar-refractivity contribution in [1.82, 2.24) is 30.9 Å². The molecule has 256 valence electrons. The summed E-state index contributed by atoms with van der Waals surface area (Å²) < 4.78 is 48.5. The van der Waals surface area contributed by atoms with Crippen LogP contribution in [0.1, 0.15) is 42.1 Å². The second kappa shape index (κ2) is 15.6. The summed E-state index contributed by atoms with van der Waals surface area (Å²) in [7, 11) is 1.29. The first-order chi connectivity index (χ1) is 22.8. The molecule has 5 N–H and O–H groups in total. The van der Waals surface area contributed by atoms with Crippen molar-refractivity contribution in [3.63, 3.8) is 0 Å². The lowest BCUT2D eigenvalue weighted by molar-refractivity contribution is -0.154. The molecule has 0 unspecified atom stereocenters. The molecule has 1 heterocycles. The fraction of sp³-hybridized carbons (Fsp3) is 0.367. The molecule has 3 amide bonds. The number of nitrogens with one attached hydrogen (secondary N) is 5. The fourth-order valence-electron chi connectivity index (χ4n) is 4.36. The van der Waals surface area contributed by atoms with Crippen LogP contribution in [0.4, 0.5) is 30.8 Å².